The Labute approximate surface area is 106 Å². The highest BCUT2D eigenvalue weighted by molar-refractivity contribution is 6.33. The zero-order chi connectivity index (χ0) is 13.0. The van der Waals surface area contributed by atoms with Gasteiger partial charge >= 0.3 is 0 Å². The smallest absolute Gasteiger partial charge is 0.255 e. The third kappa shape index (κ3) is 3.11. The number of nitrogen functional groups attached to an aromatic ring is 1. The van der Waals surface area contributed by atoms with Crippen molar-refractivity contribution in [3.63, 3.8) is 0 Å². The molecule has 4 nitrogen and oxygen atoms in total. The van der Waals surface area contributed by atoms with E-state index in [2.05, 4.69) is 6.07 Å². The van der Waals surface area contributed by atoms with E-state index in [-0.39, 0.29) is 17.5 Å². The van der Waals surface area contributed by atoms with Crippen LogP contribution in [0.3, 0.4) is 0 Å². The van der Waals surface area contributed by atoms with Gasteiger partial charge in [0.05, 0.1) is 28.3 Å². The molecule has 1 amide bonds. The summed E-state index contributed by atoms with van der Waals surface area (Å²) < 4.78 is 0. The minimum atomic E-state index is -0.230. The highest BCUT2D eigenvalue weighted by atomic mass is 35.5. The average molecular weight is 252 g/mol. The molecule has 1 atom stereocenters. The molecule has 0 saturated heterocycles. The van der Waals surface area contributed by atoms with E-state index >= 15 is 0 Å². The molecule has 0 aliphatic heterocycles. The number of nitrogens with two attached hydrogens (primary N) is 1. The first kappa shape index (κ1) is 13.3. The minimum absolute atomic E-state index is 0.218. The molecule has 2 N–H and O–H groups in total. The minimum Gasteiger partial charge on any atom is -0.397 e. The van der Waals surface area contributed by atoms with Crippen molar-refractivity contribution in [3.8, 4) is 6.07 Å². The van der Waals surface area contributed by atoms with Crippen LogP contribution in [0.25, 0.3) is 0 Å². The maximum absolute atomic E-state index is 12.0. The van der Waals surface area contributed by atoms with Gasteiger partial charge in [0.25, 0.3) is 5.91 Å². The third-order valence-corrected chi connectivity index (χ3v) is 2.73. The Balaban J connectivity index is 2.90. The lowest BCUT2D eigenvalue weighted by Crippen LogP contribution is -2.31. The molecule has 0 radical (unpaired) electrons. The Morgan fingerprint density at radius 1 is 1.65 bits per heavy atom. The van der Waals surface area contributed by atoms with Gasteiger partial charge in [-0.2, -0.15) is 5.26 Å². The number of nitriles is 1. The SMILES string of the molecule is CC(C#N)CN(C)C(=O)c1cccc(Cl)c1N. The van der Waals surface area contributed by atoms with Crippen LogP contribution in [0.2, 0.25) is 5.02 Å². The molecule has 5 heteroatoms. The van der Waals surface area contributed by atoms with Crippen LogP contribution in [0.15, 0.2) is 18.2 Å². The van der Waals surface area contributed by atoms with Crippen molar-refractivity contribution in [1.82, 2.24) is 4.90 Å². The summed E-state index contributed by atoms with van der Waals surface area (Å²) in [7, 11) is 1.64. The van der Waals surface area contributed by atoms with E-state index in [0.717, 1.165) is 0 Å². The van der Waals surface area contributed by atoms with Gasteiger partial charge in [-0.3, -0.25) is 4.79 Å². The van der Waals surface area contributed by atoms with Crippen LogP contribution < -0.4 is 5.73 Å². The van der Waals surface area contributed by atoms with Gasteiger partial charge in [0.1, 0.15) is 0 Å². The third-order valence-electron chi connectivity index (χ3n) is 2.40. The molecule has 17 heavy (non-hydrogen) atoms. The number of carbonyl (C=O) groups is 1. The number of para-hydroxylation sites is 1. The zero-order valence-corrected chi connectivity index (χ0v) is 10.5. The van der Waals surface area contributed by atoms with Gasteiger partial charge in [0.15, 0.2) is 0 Å². The van der Waals surface area contributed by atoms with Crippen molar-refractivity contribution in [2.45, 2.75) is 6.92 Å². The summed E-state index contributed by atoms with van der Waals surface area (Å²) in [5.74, 6) is -0.448. The first-order chi connectivity index (χ1) is 7.97. The van der Waals surface area contributed by atoms with Gasteiger partial charge in [-0.1, -0.05) is 17.7 Å². The molecule has 0 aliphatic rings. The van der Waals surface area contributed by atoms with Crippen molar-refractivity contribution >= 4 is 23.2 Å². The molecule has 0 bridgehead atoms. The number of halogens is 1. The molecule has 1 rings (SSSR count). The zero-order valence-electron chi connectivity index (χ0n) is 9.77. The molecule has 0 fully saturated rings. The Hall–Kier alpha value is -1.73. The summed E-state index contributed by atoms with van der Waals surface area (Å²) in [6, 6.07) is 7.00. The summed E-state index contributed by atoms with van der Waals surface area (Å²) in [5.41, 5.74) is 6.38. The molecule has 0 heterocycles. The monoisotopic (exact) mass is 251 g/mol. The van der Waals surface area contributed by atoms with Gasteiger partial charge in [0.2, 0.25) is 0 Å². The standard InChI is InChI=1S/C12H14ClN3O/c1-8(6-14)7-16(2)12(17)9-4-3-5-10(13)11(9)15/h3-5,8H,7,15H2,1-2H3. The Morgan fingerprint density at radius 3 is 2.88 bits per heavy atom. The molecule has 0 spiro atoms. The molecule has 90 valence electrons. The van der Waals surface area contributed by atoms with Gasteiger partial charge in [-0.05, 0) is 19.1 Å². The number of nitrogens with zero attached hydrogens (tertiary/aromatic N) is 2. The van der Waals surface area contributed by atoms with Gasteiger partial charge in [-0.15, -0.1) is 0 Å². The predicted octanol–water partition coefficient (Wildman–Crippen LogP) is 2.15. The Bertz CT molecular complexity index is 467. The second-order valence-electron chi connectivity index (χ2n) is 3.92. The van der Waals surface area contributed by atoms with E-state index in [4.69, 9.17) is 22.6 Å². The van der Waals surface area contributed by atoms with E-state index in [1.807, 2.05) is 0 Å². The van der Waals surface area contributed by atoms with Crippen molar-refractivity contribution in [1.29, 1.82) is 5.26 Å². The fourth-order valence-electron chi connectivity index (χ4n) is 1.46. The van der Waals surface area contributed by atoms with Gasteiger partial charge < -0.3 is 10.6 Å². The topological polar surface area (TPSA) is 70.1 Å². The first-order valence-corrected chi connectivity index (χ1v) is 5.54. The van der Waals surface area contributed by atoms with E-state index in [9.17, 15) is 4.79 Å². The van der Waals surface area contributed by atoms with Crippen LogP contribution >= 0.6 is 11.6 Å². The lowest BCUT2D eigenvalue weighted by molar-refractivity contribution is 0.0786. The maximum Gasteiger partial charge on any atom is 0.255 e. The van der Waals surface area contributed by atoms with Gasteiger partial charge in [0, 0.05) is 13.6 Å². The van der Waals surface area contributed by atoms with Crippen LogP contribution in [0, 0.1) is 17.2 Å². The quantitative estimate of drug-likeness (QED) is 0.837. The first-order valence-electron chi connectivity index (χ1n) is 5.16. The summed E-state index contributed by atoms with van der Waals surface area (Å²) in [4.78, 5) is 13.5. The predicted molar refractivity (Wildman–Crippen MR) is 67.6 cm³/mol. The fraction of sp³-hybridized carbons (Fsp3) is 0.333. The Morgan fingerprint density at radius 2 is 2.29 bits per heavy atom. The van der Waals surface area contributed by atoms with Crippen molar-refractivity contribution in [3.05, 3.63) is 28.8 Å². The van der Waals surface area contributed by atoms with Crippen LogP contribution in [-0.2, 0) is 0 Å². The molecule has 1 aromatic carbocycles. The van der Waals surface area contributed by atoms with Gasteiger partial charge in [-0.25, -0.2) is 0 Å². The largest absolute Gasteiger partial charge is 0.397 e. The van der Waals surface area contributed by atoms with E-state index < -0.39 is 0 Å². The number of benzene rings is 1. The highest BCUT2D eigenvalue weighted by Gasteiger charge is 2.17. The number of anilines is 1. The van der Waals surface area contributed by atoms with Crippen LogP contribution in [0.5, 0.6) is 0 Å². The van der Waals surface area contributed by atoms with E-state index in [1.165, 1.54) is 4.90 Å². The number of amides is 1. The molecular weight excluding hydrogens is 238 g/mol. The summed E-state index contributed by atoms with van der Waals surface area (Å²) in [6.45, 7) is 2.12. The highest BCUT2D eigenvalue weighted by Crippen LogP contribution is 2.23. The number of hydrogen-bond donors (Lipinski definition) is 1. The number of rotatable bonds is 3. The molecular formula is C12H14ClN3O. The fourth-order valence-corrected chi connectivity index (χ4v) is 1.64. The van der Waals surface area contributed by atoms with Crippen LogP contribution in [-0.4, -0.2) is 24.4 Å². The molecule has 0 aromatic heterocycles. The number of carbonyl (C=O) groups excluding carboxylic acids is 1. The normalized spacial score (nSPS) is 11.6. The number of hydrogen-bond acceptors (Lipinski definition) is 3. The summed E-state index contributed by atoms with van der Waals surface area (Å²) in [6.07, 6.45) is 0. The Kier molecular flexibility index (Phi) is 4.36. The second kappa shape index (κ2) is 5.55. The molecule has 0 aliphatic carbocycles. The summed E-state index contributed by atoms with van der Waals surface area (Å²) >= 11 is 5.85. The van der Waals surface area contributed by atoms with E-state index in [1.54, 1.807) is 32.2 Å². The molecule has 0 saturated carbocycles. The van der Waals surface area contributed by atoms with Crippen molar-refractivity contribution in [2.24, 2.45) is 5.92 Å². The van der Waals surface area contributed by atoms with Crippen molar-refractivity contribution in [2.75, 3.05) is 19.3 Å². The molecule has 1 aromatic rings. The van der Waals surface area contributed by atoms with Crippen molar-refractivity contribution < 1.29 is 4.79 Å². The van der Waals surface area contributed by atoms with E-state index in [0.29, 0.717) is 17.1 Å². The maximum atomic E-state index is 12.0. The lowest BCUT2D eigenvalue weighted by atomic mass is 10.1. The average Bonchev–Trinajstić information content (AvgIpc) is 2.31. The summed E-state index contributed by atoms with van der Waals surface area (Å²) in [5, 5.41) is 9.06. The molecule has 1 unspecified atom stereocenters. The lowest BCUT2D eigenvalue weighted by Gasteiger charge is -2.19. The van der Waals surface area contributed by atoms with Crippen LogP contribution in [0.1, 0.15) is 17.3 Å². The second-order valence-corrected chi connectivity index (χ2v) is 4.32. The van der Waals surface area contributed by atoms with Crippen LogP contribution in [0.4, 0.5) is 5.69 Å².